The minimum absolute atomic E-state index is 0.0370. The van der Waals surface area contributed by atoms with E-state index in [4.69, 9.17) is 5.73 Å². The summed E-state index contributed by atoms with van der Waals surface area (Å²) in [5, 5.41) is 2.95. The van der Waals surface area contributed by atoms with Crippen LogP contribution in [0.15, 0.2) is 12.7 Å². The van der Waals surface area contributed by atoms with Crippen molar-refractivity contribution in [2.45, 2.75) is 13.1 Å². The molecule has 7 heavy (non-hydrogen) atoms. The van der Waals surface area contributed by atoms with Crippen LogP contribution in [0.5, 0.6) is 0 Å². The Balaban J connectivity index is 2.98. The molecule has 42 valence electrons. The van der Waals surface area contributed by atoms with E-state index in [0.717, 1.165) is 6.54 Å². The largest absolute Gasteiger partial charge is 0.313 e. The van der Waals surface area contributed by atoms with Crippen LogP contribution < -0.4 is 11.1 Å². The van der Waals surface area contributed by atoms with Crippen molar-refractivity contribution >= 4 is 0 Å². The quantitative estimate of drug-likeness (QED) is 0.389. The van der Waals surface area contributed by atoms with Gasteiger partial charge in [-0.3, -0.25) is 5.32 Å². The van der Waals surface area contributed by atoms with Gasteiger partial charge in [0.1, 0.15) is 0 Å². The lowest BCUT2D eigenvalue weighted by Crippen LogP contribution is -2.34. The summed E-state index contributed by atoms with van der Waals surface area (Å²) in [5.41, 5.74) is 5.35. The molecular weight excluding hydrogens is 88.1 g/mol. The summed E-state index contributed by atoms with van der Waals surface area (Å²) in [6.45, 7) is 6.39. The minimum Gasteiger partial charge on any atom is -0.313 e. The predicted molar refractivity (Wildman–Crippen MR) is 31.8 cm³/mol. The Hall–Kier alpha value is -0.340. The lowest BCUT2D eigenvalue weighted by molar-refractivity contribution is 0.638. The van der Waals surface area contributed by atoms with Crippen LogP contribution in [0.2, 0.25) is 0 Å². The van der Waals surface area contributed by atoms with Crippen LogP contribution in [0.3, 0.4) is 0 Å². The van der Waals surface area contributed by atoms with Crippen LogP contribution in [0.1, 0.15) is 6.92 Å². The van der Waals surface area contributed by atoms with Crippen molar-refractivity contribution in [2.75, 3.05) is 6.54 Å². The highest BCUT2D eigenvalue weighted by Gasteiger charge is 1.86. The Bertz CT molecular complexity index is 52.0. The van der Waals surface area contributed by atoms with E-state index in [1.54, 1.807) is 6.08 Å². The second-order valence-corrected chi connectivity index (χ2v) is 1.32. The molecule has 0 radical (unpaired) electrons. The summed E-state index contributed by atoms with van der Waals surface area (Å²) in [4.78, 5) is 0. The first kappa shape index (κ1) is 6.66. The Labute approximate surface area is 44.4 Å². The Morgan fingerprint density at radius 2 is 2.57 bits per heavy atom. The van der Waals surface area contributed by atoms with E-state index in [1.165, 1.54) is 0 Å². The van der Waals surface area contributed by atoms with Gasteiger partial charge in [-0.25, -0.2) is 0 Å². The maximum absolute atomic E-state index is 5.35. The minimum atomic E-state index is -0.0370. The molecule has 0 aromatic heterocycles. The summed E-state index contributed by atoms with van der Waals surface area (Å²) in [6, 6.07) is 0. The molecule has 1 atom stereocenters. The maximum atomic E-state index is 5.35. The Kier molecular flexibility index (Phi) is 3.65. The molecule has 0 aliphatic carbocycles. The number of nitrogens with two attached hydrogens (primary N) is 1. The summed E-state index contributed by atoms with van der Waals surface area (Å²) in [5.74, 6) is 0. The molecule has 0 fully saturated rings. The van der Waals surface area contributed by atoms with E-state index in [-0.39, 0.29) is 6.17 Å². The Morgan fingerprint density at radius 3 is 2.71 bits per heavy atom. The van der Waals surface area contributed by atoms with Crippen molar-refractivity contribution < 1.29 is 0 Å². The zero-order valence-corrected chi connectivity index (χ0v) is 4.65. The first-order chi connectivity index (χ1) is 3.31. The van der Waals surface area contributed by atoms with E-state index >= 15 is 0 Å². The van der Waals surface area contributed by atoms with Gasteiger partial charge < -0.3 is 5.73 Å². The molecular formula is C5H12N2. The number of likely N-dealkylation sites (N-methyl/N-ethyl adjacent to an activating group) is 1. The van der Waals surface area contributed by atoms with Crippen molar-refractivity contribution in [1.29, 1.82) is 0 Å². The fourth-order valence-electron chi connectivity index (χ4n) is 0.319. The maximum Gasteiger partial charge on any atom is 0.0735 e. The molecule has 2 nitrogen and oxygen atoms in total. The molecule has 0 bridgehead atoms. The molecule has 0 saturated carbocycles. The average Bonchev–Trinajstić information content (AvgIpc) is 1.68. The third-order valence-corrected chi connectivity index (χ3v) is 0.694. The molecule has 0 saturated heterocycles. The number of nitrogens with one attached hydrogen (secondary N) is 1. The van der Waals surface area contributed by atoms with E-state index in [0.29, 0.717) is 0 Å². The number of rotatable bonds is 3. The average molecular weight is 100 g/mol. The van der Waals surface area contributed by atoms with Crippen LogP contribution in [0.4, 0.5) is 0 Å². The Morgan fingerprint density at radius 1 is 2.00 bits per heavy atom. The van der Waals surface area contributed by atoms with Crippen molar-refractivity contribution in [3.8, 4) is 0 Å². The molecule has 2 heteroatoms. The van der Waals surface area contributed by atoms with E-state index in [1.807, 2.05) is 6.92 Å². The highest BCUT2D eigenvalue weighted by atomic mass is 15.0. The standard InChI is InChI=1S/C5H12N2/c1-3-5(6)7-4-2/h3,5,7H,1,4,6H2,2H3. The van der Waals surface area contributed by atoms with Gasteiger partial charge in [0, 0.05) is 0 Å². The monoisotopic (exact) mass is 100 g/mol. The highest BCUT2D eigenvalue weighted by molar-refractivity contribution is 4.78. The second-order valence-electron chi connectivity index (χ2n) is 1.32. The van der Waals surface area contributed by atoms with Crippen LogP contribution in [0, 0.1) is 0 Å². The van der Waals surface area contributed by atoms with Gasteiger partial charge in [-0.15, -0.1) is 6.58 Å². The van der Waals surface area contributed by atoms with E-state index in [2.05, 4.69) is 11.9 Å². The first-order valence-electron chi connectivity index (χ1n) is 2.42. The molecule has 0 aliphatic heterocycles. The summed E-state index contributed by atoms with van der Waals surface area (Å²) < 4.78 is 0. The molecule has 0 aromatic rings. The van der Waals surface area contributed by atoms with E-state index in [9.17, 15) is 0 Å². The van der Waals surface area contributed by atoms with Crippen LogP contribution in [0.25, 0.3) is 0 Å². The lowest BCUT2D eigenvalue weighted by atomic mass is 10.5. The van der Waals surface area contributed by atoms with Gasteiger partial charge in [0.25, 0.3) is 0 Å². The van der Waals surface area contributed by atoms with Crippen molar-refractivity contribution in [3.05, 3.63) is 12.7 Å². The molecule has 1 unspecified atom stereocenters. The summed E-state index contributed by atoms with van der Waals surface area (Å²) in [7, 11) is 0. The highest BCUT2D eigenvalue weighted by Crippen LogP contribution is 1.67. The van der Waals surface area contributed by atoms with Crippen LogP contribution in [-0.2, 0) is 0 Å². The van der Waals surface area contributed by atoms with Crippen LogP contribution >= 0.6 is 0 Å². The van der Waals surface area contributed by atoms with E-state index < -0.39 is 0 Å². The third-order valence-electron chi connectivity index (χ3n) is 0.694. The molecule has 0 amide bonds. The van der Waals surface area contributed by atoms with Gasteiger partial charge in [-0.1, -0.05) is 13.0 Å². The molecule has 0 aliphatic rings. The molecule has 0 heterocycles. The first-order valence-corrected chi connectivity index (χ1v) is 2.42. The normalized spacial score (nSPS) is 13.4. The second kappa shape index (κ2) is 3.84. The molecule has 0 aromatic carbocycles. The summed E-state index contributed by atoms with van der Waals surface area (Å²) >= 11 is 0. The van der Waals surface area contributed by atoms with Gasteiger partial charge in [0.15, 0.2) is 0 Å². The zero-order chi connectivity index (χ0) is 5.70. The third kappa shape index (κ3) is 3.49. The zero-order valence-electron chi connectivity index (χ0n) is 4.65. The predicted octanol–water partition coefficient (Wildman–Crippen LogP) is 0.0667. The smallest absolute Gasteiger partial charge is 0.0735 e. The molecule has 0 spiro atoms. The van der Waals surface area contributed by atoms with Gasteiger partial charge in [-0.2, -0.15) is 0 Å². The van der Waals surface area contributed by atoms with Crippen LogP contribution in [-0.4, -0.2) is 12.7 Å². The van der Waals surface area contributed by atoms with Gasteiger partial charge in [0.05, 0.1) is 6.17 Å². The van der Waals surface area contributed by atoms with Gasteiger partial charge in [0.2, 0.25) is 0 Å². The number of hydrogen-bond donors (Lipinski definition) is 2. The van der Waals surface area contributed by atoms with Gasteiger partial charge >= 0.3 is 0 Å². The molecule has 3 N–H and O–H groups in total. The van der Waals surface area contributed by atoms with Gasteiger partial charge in [-0.05, 0) is 6.54 Å². The van der Waals surface area contributed by atoms with Crippen molar-refractivity contribution in [3.63, 3.8) is 0 Å². The fourth-order valence-corrected chi connectivity index (χ4v) is 0.319. The van der Waals surface area contributed by atoms with Crippen molar-refractivity contribution in [2.24, 2.45) is 5.73 Å². The molecule has 0 rings (SSSR count). The summed E-state index contributed by atoms with van der Waals surface area (Å²) in [6.07, 6.45) is 1.63. The SMILES string of the molecule is C=CC(N)NCC. The van der Waals surface area contributed by atoms with Crippen molar-refractivity contribution in [1.82, 2.24) is 5.32 Å². The fraction of sp³-hybridized carbons (Fsp3) is 0.600. The topological polar surface area (TPSA) is 38.0 Å². The number of hydrogen-bond acceptors (Lipinski definition) is 2. The lowest BCUT2D eigenvalue weighted by Gasteiger charge is -2.03.